The number of piperidine rings is 2. The fourth-order valence-corrected chi connectivity index (χ4v) is 4.36. The number of rotatable bonds is 4. The average Bonchev–Trinajstić information content (AvgIpc) is 2.64. The van der Waals surface area contributed by atoms with E-state index in [1.54, 1.807) is 4.90 Å². The van der Waals surface area contributed by atoms with Crippen LogP contribution in [0.2, 0.25) is 0 Å². The van der Waals surface area contributed by atoms with Crippen LogP contribution in [0, 0.1) is 11.8 Å². The summed E-state index contributed by atoms with van der Waals surface area (Å²) in [6.07, 6.45) is 3.35. The van der Waals surface area contributed by atoms with Crippen molar-refractivity contribution >= 4 is 24.2 Å². The van der Waals surface area contributed by atoms with Crippen LogP contribution in [0.25, 0.3) is 0 Å². The molecule has 1 aromatic carbocycles. The number of carbonyl (C=O) groups is 2. The number of hydrogen-bond donors (Lipinski definition) is 1. The van der Waals surface area contributed by atoms with Crippen LogP contribution in [-0.2, 0) is 9.59 Å². The standard InChI is InChI=1S/C20H29N3O2.ClH/c1-21-13-15-7-6-12-23(14-15)20(25)17-10-11-18(24)22(2)19(17)16-8-4-3-5-9-16;/h3-5,8-9,15,17,19,21H,6-7,10-14H2,1-2H3;1H. The largest absolute Gasteiger partial charge is 0.342 e. The lowest BCUT2D eigenvalue weighted by atomic mass is 9.83. The SMILES string of the molecule is CNCC1CCCN(C(=O)C2CCC(=O)N(C)C2c2ccccc2)C1.Cl. The van der Waals surface area contributed by atoms with Gasteiger partial charge in [0, 0.05) is 26.6 Å². The van der Waals surface area contributed by atoms with Crippen molar-refractivity contribution in [3.8, 4) is 0 Å². The van der Waals surface area contributed by atoms with E-state index < -0.39 is 0 Å². The van der Waals surface area contributed by atoms with Crippen LogP contribution in [0.4, 0.5) is 0 Å². The Labute approximate surface area is 162 Å². The molecule has 0 aromatic heterocycles. The molecule has 0 spiro atoms. The summed E-state index contributed by atoms with van der Waals surface area (Å²) in [5, 5.41) is 3.23. The molecule has 2 amide bonds. The molecule has 6 heteroatoms. The molecule has 0 bridgehead atoms. The highest BCUT2D eigenvalue weighted by atomic mass is 35.5. The van der Waals surface area contributed by atoms with Gasteiger partial charge in [0.2, 0.25) is 11.8 Å². The number of carbonyl (C=O) groups excluding carboxylic acids is 2. The Bertz CT molecular complexity index is 608. The molecule has 0 aliphatic carbocycles. The Morgan fingerprint density at radius 1 is 1.23 bits per heavy atom. The summed E-state index contributed by atoms with van der Waals surface area (Å²) in [7, 11) is 3.80. The van der Waals surface area contributed by atoms with Crippen LogP contribution in [0.5, 0.6) is 0 Å². The van der Waals surface area contributed by atoms with Crippen molar-refractivity contribution in [2.75, 3.05) is 33.7 Å². The van der Waals surface area contributed by atoms with Crippen molar-refractivity contribution in [1.29, 1.82) is 0 Å². The summed E-state index contributed by atoms with van der Waals surface area (Å²) < 4.78 is 0. The monoisotopic (exact) mass is 379 g/mol. The molecule has 144 valence electrons. The highest BCUT2D eigenvalue weighted by molar-refractivity contribution is 5.85. The first-order chi connectivity index (χ1) is 12.1. The van der Waals surface area contributed by atoms with Crippen LogP contribution >= 0.6 is 12.4 Å². The number of halogens is 1. The second-order valence-corrected chi connectivity index (χ2v) is 7.36. The summed E-state index contributed by atoms with van der Waals surface area (Å²) in [5.41, 5.74) is 1.06. The lowest BCUT2D eigenvalue weighted by Crippen LogP contribution is -2.50. The van der Waals surface area contributed by atoms with Crippen LogP contribution in [0.15, 0.2) is 30.3 Å². The van der Waals surface area contributed by atoms with Gasteiger partial charge in [0.1, 0.15) is 0 Å². The maximum atomic E-state index is 13.3. The zero-order chi connectivity index (χ0) is 17.8. The minimum atomic E-state index is -0.153. The Balaban J connectivity index is 0.00000243. The van der Waals surface area contributed by atoms with Gasteiger partial charge in [-0.1, -0.05) is 30.3 Å². The quantitative estimate of drug-likeness (QED) is 0.874. The van der Waals surface area contributed by atoms with Gasteiger partial charge >= 0.3 is 0 Å². The number of benzene rings is 1. The smallest absolute Gasteiger partial charge is 0.228 e. The number of amides is 2. The fraction of sp³-hybridized carbons (Fsp3) is 0.600. The van der Waals surface area contributed by atoms with E-state index in [4.69, 9.17) is 0 Å². The van der Waals surface area contributed by atoms with Gasteiger partial charge in [-0.25, -0.2) is 0 Å². The van der Waals surface area contributed by atoms with Gasteiger partial charge in [0.15, 0.2) is 0 Å². The molecule has 2 fully saturated rings. The predicted octanol–water partition coefficient (Wildman–Crippen LogP) is 2.48. The van der Waals surface area contributed by atoms with E-state index in [2.05, 4.69) is 5.32 Å². The molecular formula is C20H30ClN3O2. The Kier molecular flexibility index (Phi) is 7.47. The van der Waals surface area contributed by atoms with Gasteiger partial charge in [-0.2, -0.15) is 0 Å². The van der Waals surface area contributed by atoms with Gasteiger partial charge in [-0.05, 0) is 44.3 Å². The minimum absolute atomic E-state index is 0. The van der Waals surface area contributed by atoms with Crippen molar-refractivity contribution in [3.05, 3.63) is 35.9 Å². The lowest BCUT2D eigenvalue weighted by molar-refractivity contribution is -0.147. The van der Waals surface area contributed by atoms with Gasteiger partial charge in [-0.15, -0.1) is 12.4 Å². The van der Waals surface area contributed by atoms with Crippen molar-refractivity contribution in [3.63, 3.8) is 0 Å². The Morgan fingerprint density at radius 3 is 2.65 bits per heavy atom. The molecule has 0 radical (unpaired) electrons. The third-order valence-electron chi connectivity index (χ3n) is 5.64. The fourth-order valence-electron chi connectivity index (χ4n) is 4.36. The van der Waals surface area contributed by atoms with E-state index in [9.17, 15) is 9.59 Å². The molecule has 5 nitrogen and oxygen atoms in total. The maximum absolute atomic E-state index is 13.3. The molecule has 3 unspecified atom stereocenters. The molecule has 3 atom stereocenters. The molecule has 1 aromatic rings. The highest BCUT2D eigenvalue weighted by Crippen LogP contribution is 2.37. The van der Waals surface area contributed by atoms with E-state index in [0.29, 0.717) is 18.8 Å². The van der Waals surface area contributed by atoms with Gasteiger partial charge < -0.3 is 15.1 Å². The summed E-state index contributed by atoms with van der Waals surface area (Å²) in [6, 6.07) is 9.83. The number of likely N-dealkylation sites (tertiary alicyclic amines) is 2. The highest BCUT2D eigenvalue weighted by Gasteiger charge is 2.41. The third-order valence-corrected chi connectivity index (χ3v) is 5.64. The number of nitrogens with zero attached hydrogens (tertiary/aromatic N) is 2. The van der Waals surface area contributed by atoms with Crippen molar-refractivity contribution in [2.24, 2.45) is 11.8 Å². The van der Waals surface area contributed by atoms with Gasteiger partial charge in [0.25, 0.3) is 0 Å². The molecule has 0 saturated carbocycles. The summed E-state index contributed by atoms with van der Waals surface area (Å²) in [5.74, 6) is 0.734. The van der Waals surface area contributed by atoms with E-state index in [1.807, 2.05) is 49.3 Å². The van der Waals surface area contributed by atoms with E-state index in [-0.39, 0.29) is 36.2 Å². The lowest BCUT2D eigenvalue weighted by Gasteiger charge is -2.42. The molecular weight excluding hydrogens is 350 g/mol. The van der Waals surface area contributed by atoms with Crippen LogP contribution < -0.4 is 5.32 Å². The predicted molar refractivity (Wildman–Crippen MR) is 105 cm³/mol. The second-order valence-electron chi connectivity index (χ2n) is 7.36. The first-order valence-electron chi connectivity index (χ1n) is 9.35. The maximum Gasteiger partial charge on any atom is 0.228 e. The minimum Gasteiger partial charge on any atom is -0.342 e. The third kappa shape index (κ3) is 4.38. The zero-order valence-corrected chi connectivity index (χ0v) is 16.5. The first-order valence-corrected chi connectivity index (χ1v) is 9.35. The van der Waals surface area contributed by atoms with E-state index in [0.717, 1.165) is 31.6 Å². The summed E-state index contributed by atoms with van der Waals surface area (Å²) in [6.45, 7) is 2.62. The van der Waals surface area contributed by atoms with Gasteiger partial charge in [-0.3, -0.25) is 9.59 Å². The number of hydrogen-bond acceptors (Lipinski definition) is 3. The van der Waals surface area contributed by atoms with E-state index in [1.165, 1.54) is 6.42 Å². The molecule has 2 saturated heterocycles. The van der Waals surface area contributed by atoms with Gasteiger partial charge in [0.05, 0.1) is 12.0 Å². The molecule has 2 aliphatic rings. The molecule has 2 aliphatic heterocycles. The zero-order valence-electron chi connectivity index (χ0n) is 15.7. The Morgan fingerprint density at radius 2 is 1.96 bits per heavy atom. The first kappa shape index (κ1) is 20.7. The average molecular weight is 380 g/mol. The van der Waals surface area contributed by atoms with Crippen molar-refractivity contribution in [1.82, 2.24) is 15.1 Å². The normalized spacial score (nSPS) is 26.4. The van der Waals surface area contributed by atoms with E-state index >= 15 is 0 Å². The summed E-state index contributed by atoms with van der Waals surface area (Å²) in [4.78, 5) is 29.4. The number of nitrogens with one attached hydrogen (secondary N) is 1. The van der Waals surface area contributed by atoms with Crippen LogP contribution in [0.1, 0.15) is 37.3 Å². The topological polar surface area (TPSA) is 52.7 Å². The van der Waals surface area contributed by atoms with Crippen LogP contribution in [-0.4, -0.2) is 55.3 Å². The Hall–Kier alpha value is -1.59. The molecule has 3 rings (SSSR count). The van der Waals surface area contributed by atoms with Crippen molar-refractivity contribution in [2.45, 2.75) is 31.7 Å². The molecule has 2 heterocycles. The molecule has 1 N–H and O–H groups in total. The summed E-state index contributed by atoms with van der Waals surface area (Å²) >= 11 is 0. The molecule has 26 heavy (non-hydrogen) atoms. The second kappa shape index (κ2) is 9.38. The van der Waals surface area contributed by atoms with Crippen molar-refractivity contribution < 1.29 is 9.59 Å². The van der Waals surface area contributed by atoms with Crippen LogP contribution in [0.3, 0.4) is 0 Å².